The van der Waals surface area contributed by atoms with Gasteiger partial charge in [-0.1, -0.05) is 0 Å². The summed E-state index contributed by atoms with van der Waals surface area (Å²) in [5, 5.41) is 12.5. The quantitative estimate of drug-likeness (QED) is 0.317. The van der Waals surface area contributed by atoms with Gasteiger partial charge in [0.2, 0.25) is 5.91 Å². The number of aromatic nitrogens is 4. The molecule has 2 N–H and O–H groups in total. The first-order chi connectivity index (χ1) is 20.4. The highest BCUT2D eigenvalue weighted by Crippen LogP contribution is 2.34. The highest BCUT2D eigenvalue weighted by molar-refractivity contribution is 6.52. The zero-order valence-electron chi connectivity index (χ0n) is 23.6. The number of nitrogens with zero attached hydrogens (tertiary/aromatic N) is 6. The minimum absolute atomic E-state index is 0.0104. The Labute approximate surface area is 243 Å². The maximum Gasteiger partial charge on any atom is 0.408 e. The third kappa shape index (κ3) is 6.00. The summed E-state index contributed by atoms with van der Waals surface area (Å²) in [7, 11) is -0.669. The number of pyridine rings is 2. The van der Waals surface area contributed by atoms with E-state index in [1.165, 1.54) is 6.07 Å². The fourth-order valence-corrected chi connectivity index (χ4v) is 6.18. The minimum atomic E-state index is -0.913. The molecule has 12 heteroatoms. The molecule has 42 heavy (non-hydrogen) atoms. The van der Waals surface area contributed by atoms with Crippen molar-refractivity contribution >= 4 is 29.9 Å². The molecular weight excluding hydrogens is 539 g/mol. The van der Waals surface area contributed by atoms with Crippen molar-refractivity contribution in [2.45, 2.75) is 45.1 Å². The van der Waals surface area contributed by atoms with E-state index in [0.717, 1.165) is 56.9 Å². The first-order valence-electron chi connectivity index (χ1n) is 14.5. The zero-order chi connectivity index (χ0) is 29.2. The van der Waals surface area contributed by atoms with Gasteiger partial charge in [0.05, 0.1) is 0 Å². The third-order valence-corrected chi connectivity index (χ3v) is 8.29. The summed E-state index contributed by atoms with van der Waals surface area (Å²) < 4.78 is 29.8. The molecule has 0 saturated carbocycles. The molecule has 2 fully saturated rings. The first-order valence-corrected chi connectivity index (χ1v) is 14.5. The molecule has 2 aliphatic heterocycles. The number of fused-ring (bicyclic) bond motifs is 1. The Morgan fingerprint density at radius 1 is 1.00 bits per heavy atom. The van der Waals surface area contributed by atoms with Crippen molar-refractivity contribution in [1.82, 2.24) is 29.3 Å². The van der Waals surface area contributed by atoms with Crippen LogP contribution in [0.1, 0.15) is 37.3 Å². The van der Waals surface area contributed by atoms with Crippen LogP contribution in [0.15, 0.2) is 54.9 Å². The summed E-state index contributed by atoms with van der Waals surface area (Å²) in [6, 6.07) is 11.5. The molecule has 6 rings (SSSR count). The lowest BCUT2D eigenvalue weighted by Gasteiger charge is -2.38. The Hall–Kier alpha value is -3.90. The molecule has 0 unspecified atom stereocenters. The number of hydrogen-bond donors (Lipinski definition) is 2. The molecule has 2 saturated heterocycles. The van der Waals surface area contributed by atoms with Gasteiger partial charge in [-0.3, -0.25) is 9.69 Å². The topological polar surface area (TPSA) is 99.4 Å². The van der Waals surface area contributed by atoms with E-state index in [1.807, 2.05) is 33.7 Å². The van der Waals surface area contributed by atoms with Gasteiger partial charge in [0.15, 0.2) is 17.3 Å². The van der Waals surface area contributed by atoms with Crippen LogP contribution < -0.4 is 5.23 Å². The summed E-state index contributed by atoms with van der Waals surface area (Å²) in [4.78, 5) is 31.3. The van der Waals surface area contributed by atoms with Gasteiger partial charge in [-0.15, -0.1) is 0 Å². The van der Waals surface area contributed by atoms with Crippen LogP contribution in [-0.2, 0) is 11.3 Å². The van der Waals surface area contributed by atoms with Crippen LogP contribution in [0.5, 0.6) is 0 Å². The Morgan fingerprint density at radius 3 is 2.52 bits per heavy atom. The highest BCUT2D eigenvalue weighted by Gasteiger charge is 2.32. The minimum Gasteiger partial charge on any atom is -0.433 e. The number of piperidine rings is 2. The van der Waals surface area contributed by atoms with Crippen molar-refractivity contribution in [2.24, 2.45) is 5.92 Å². The number of nitrogens with one attached hydrogen (secondary N) is 1. The predicted molar refractivity (Wildman–Crippen MR) is 157 cm³/mol. The van der Waals surface area contributed by atoms with Gasteiger partial charge in [0, 0.05) is 49.6 Å². The maximum atomic E-state index is 14.1. The maximum absolute atomic E-state index is 14.1. The summed E-state index contributed by atoms with van der Waals surface area (Å²) >= 11 is 0. The molecular formula is C30H34BF2N7O2. The molecule has 4 aromatic rings. The van der Waals surface area contributed by atoms with Crippen LogP contribution in [0.2, 0.25) is 6.82 Å². The van der Waals surface area contributed by atoms with Crippen LogP contribution >= 0.6 is 0 Å². The SMILES string of the molecule is CB(O)Nc1cc(CN2CCC(C(=O)N3CCC(n4c(-c5ccc(F)c(F)c5)nc5cccnc54)CC3)CC2)ccn1. The Balaban J connectivity index is 1.08. The van der Waals surface area contributed by atoms with Crippen molar-refractivity contribution in [2.75, 3.05) is 31.4 Å². The molecule has 0 atom stereocenters. The fraction of sp³-hybridized carbons (Fsp3) is 0.400. The molecule has 3 aromatic heterocycles. The average Bonchev–Trinajstić information content (AvgIpc) is 3.38. The lowest BCUT2D eigenvalue weighted by Crippen LogP contribution is -2.45. The normalized spacial score (nSPS) is 17.1. The summed E-state index contributed by atoms with van der Waals surface area (Å²) in [5.74, 6) is -0.376. The standard InChI is InChI=1S/C30H34BF2N7O2/c1-31(42)37-27-17-20(6-12-34-27)19-38-13-7-21(8-14-38)30(41)39-15-9-23(10-16-39)40-28(22-4-5-24(32)25(33)18-22)36-26-3-2-11-35-29(26)40/h2-6,11-12,17-18,21,23,42H,7-10,13-16,19H2,1H3,(H,34,37). The van der Waals surface area contributed by atoms with Crippen LogP contribution in [0.3, 0.4) is 0 Å². The van der Waals surface area contributed by atoms with Gasteiger partial charge in [0.25, 0.3) is 0 Å². The molecule has 218 valence electrons. The van der Waals surface area contributed by atoms with Gasteiger partial charge in [-0.2, -0.15) is 0 Å². The molecule has 0 spiro atoms. The summed E-state index contributed by atoms with van der Waals surface area (Å²) in [6.45, 7) is 5.38. The van der Waals surface area contributed by atoms with Gasteiger partial charge < -0.3 is 19.7 Å². The lowest BCUT2D eigenvalue weighted by molar-refractivity contribution is -0.138. The number of carbonyl (C=O) groups excluding carboxylic acids is 1. The molecule has 0 bridgehead atoms. The van der Waals surface area contributed by atoms with Crippen molar-refractivity contribution in [3.05, 3.63) is 72.1 Å². The number of amides is 1. The smallest absolute Gasteiger partial charge is 0.408 e. The molecule has 0 aliphatic carbocycles. The van der Waals surface area contributed by atoms with E-state index in [2.05, 4.69) is 20.1 Å². The van der Waals surface area contributed by atoms with Gasteiger partial charge >= 0.3 is 7.05 Å². The molecule has 5 heterocycles. The highest BCUT2D eigenvalue weighted by atomic mass is 19.2. The zero-order valence-corrected chi connectivity index (χ0v) is 23.6. The molecule has 0 radical (unpaired) electrons. The van der Waals surface area contributed by atoms with E-state index >= 15 is 0 Å². The molecule has 1 aromatic carbocycles. The first kappa shape index (κ1) is 28.2. The van der Waals surface area contributed by atoms with Crippen LogP contribution in [0, 0.1) is 17.6 Å². The van der Waals surface area contributed by atoms with E-state index in [1.54, 1.807) is 25.3 Å². The second-order valence-corrected chi connectivity index (χ2v) is 11.3. The fourth-order valence-electron chi connectivity index (χ4n) is 6.18. The summed E-state index contributed by atoms with van der Waals surface area (Å²) in [5.41, 5.74) is 3.02. The molecule has 2 aliphatic rings. The molecule has 1 amide bonds. The van der Waals surface area contributed by atoms with Crippen molar-refractivity contribution < 1.29 is 18.6 Å². The lowest BCUT2D eigenvalue weighted by atomic mass is 9.89. The Morgan fingerprint density at radius 2 is 1.79 bits per heavy atom. The summed E-state index contributed by atoms with van der Waals surface area (Å²) in [6.07, 6.45) is 6.55. The molecule has 9 nitrogen and oxygen atoms in total. The Bertz CT molecular complexity index is 1570. The average molecular weight is 573 g/mol. The van der Waals surface area contributed by atoms with E-state index in [0.29, 0.717) is 41.5 Å². The van der Waals surface area contributed by atoms with Gasteiger partial charge in [-0.05, 0) is 93.6 Å². The van der Waals surface area contributed by atoms with Crippen LogP contribution in [0.4, 0.5) is 14.6 Å². The number of benzene rings is 1. The van der Waals surface area contributed by atoms with Crippen LogP contribution in [-0.4, -0.2) is 73.5 Å². The monoisotopic (exact) mass is 573 g/mol. The predicted octanol–water partition coefficient (Wildman–Crippen LogP) is 4.37. The largest absolute Gasteiger partial charge is 0.433 e. The van der Waals surface area contributed by atoms with E-state index < -0.39 is 18.7 Å². The van der Waals surface area contributed by atoms with E-state index in [-0.39, 0.29) is 17.9 Å². The number of hydrogen-bond acceptors (Lipinski definition) is 7. The van der Waals surface area contributed by atoms with Gasteiger partial charge in [0.1, 0.15) is 17.2 Å². The van der Waals surface area contributed by atoms with Crippen molar-refractivity contribution in [3.63, 3.8) is 0 Å². The number of halogens is 2. The second kappa shape index (κ2) is 12.1. The number of imidazole rings is 1. The van der Waals surface area contributed by atoms with Crippen molar-refractivity contribution in [3.8, 4) is 11.4 Å². The van der Waals surface area contributed by atoms with E-state index in [9.17, 15) is 18.6 Å². The third-order valence-electron chi connectivity index (χ3n) is 8.29. The van der Waals surface area contributed by atoms with Crippen LogP contribution in [0.25, 0.3) is 22.6 Å². The van der Waals surface area contributed by atoms with Crippen molar-refractivity contribution in [1.29, 1.82) is 0 Å². The van der Waals surface area contributed by atoms with Gasteiger partial charge in [-0.25, -0.2) is 23.7 Å². The number of carbonyl (C=O) groups is 1. The number of likely N-dealkylation sites (tertiary alicyclic amines) is 2. The Kier molecular flexibility index (Phi) is 8.17. The number of rotatable bonds is 7. The number of anilines is 1. The van der Waals surface area contributed by atoms with E-state index in [4.69, 9.17) is 4.98 Å². The second-order valence-electron chi connectivity index (χ2n) is 11.3.